The third-order valence-corrected chi connectivity index (χ3v) is 4.13. The van der Waals surface area contributed by atoms with Crippen LogP contribution in [0, 0.1) is 13.7 Å². The molecule has 0 amide bonds. The van der Waals surface area contributed by atoms with Gasteiger partial charge in [-0.1, -0.05) is 6.07 Å². The molecule has 0 saturated heterocycles. The Bertz CT molecular complexity index is 955. The van der Waals surface area contributed by atoms with Crippen molar-refractivity contribution in [3.8, 4) is 11.5 Å². The molecular formula is C17H12IN3O5. The Balaban J connectivity index is 1.72. The smallest absolute Gasteiger partial charge is 0.338 e. The quantitative estimate of drug-likeness (QED) is 0.241. The summed E-state index contributed by atoms with van der Waals surface area (Å²) < 4.78 is 11.8. The molecule has 0 fully saturated rings. The van der Waals surface area contributed by atoms with Crippen molar-refractivity contribution in [1.29, 1.82) is 0 Å². The molecule has 1 heterocycles. The highest BCUT2D eigenvalue weighted by Gasteiger charge is 2.20. The van der Waals surface area contributed by atoms with Crippen LogP contribution in [-0.4, -0.2) is 21.1 Å². The molecule has 0 aliphatic rings. The van der Waals surface area contributed by atoms with Gasteiger partial charge in [0.25, 0.3) is 11.6 Å². The second-order valence-electron chi connectivity index (χ2n) is 5.31. The summed E-state index contributed by atoms with van der Waals surface area (Å²) in [6, 6.07) is 12.7. The normalized spacial score (nSPS) is 11.8. The van der Waals surface area contributed by atoms with Crippen molar-refractivity contribution in [1.82, 2.24) is 10.2 Å². The molecule has 8 nitrogen and oxygen atoms in total. The van der Waals surface area contributed by atoms with E-state index in [-0.39, 0.29) is 17.5 Å². The summed E-state index contributed by atoms with van der Waals surface area (Å²) in [6.07, 6.45) is -0.736. The number of carbonyl (C=O) groups is 1. The predicted molar refractivity (Wildman–Crippen MR) is 99.4 cm³/mol. The number of non-ortho nitro benzene ring substituents is 1. The molecule has 0 N–H and O–H groups in total. The summed E-state index contributed by atoms with van der Waals surface area (Å²) in [6.45, 7) is 1.62. The zero-order valence-corrected chi connectivity index (χ0v) is 15.6. The zero-order valence-electron chi connectivity index (χ0n) is 13.5. The number of halogens is 1. The maximum Gasteiger partial charge on any atom is 0.338 e. The Morgan fingerprint density at radius 2 is 1.96 bits per heavy atom. The predicted octanol–water partition coefficient (Wildman–Crippen LogP) is 4.17. The Morgan fingerprint density at radius 3 is 2.62 bits per heavy atom. The number of nitro benzene ring substituents is 1. The topological polar surface area (TPSA) is 108 Å². The number of benzene rings is 2. The maximum absolute atomic E-state index is 12.2. The van der Waals surface area contributed by atoms with Crippen LogP contribution in [0.5, 0.6) is 0 Å². The fraction of sp³-hybridized carbons (Fsp3) is 0.118. The minimum absolute atomic E-state index is 0.0340. The van der Waals surface area contributed by atoms with E-state index in [1.165, 1.54) is 24.3 Å². The van der Waals surface area contributed by atoms with Crippen LogP contribution in [-0.2, 0) is 4.74 Å². The van der Waals surface area contributed by atoms with E-state index in [0.29, 0.717) is 11.1 Å². The molecule has 1 unspecified atom stereocenters. The van der Waals surface area contributed by atoms with Gasteiger partial charge in [-0.05, 0) is 59.8 Å². The van der Waals surface area contributed by atoms with Crippen LogP contribution in [0.1, 0.15) is 29.3 Å². The maximum atomic E-state index is 12.2. The average Bonchev–Trinajstić information content (AvgIpc) is 3.12. The van der Waals surface area contributed by atoms with Crippen molar-refractivity contribution in [2.24, 2.45) is 0 Å². The summed E-state index contributed by atoms with van der Waals surface area (Å²) in [5.74, 6) is -0.171. The van der Waals surface area contributed by atoms with Gasteiger partial charge in [-0.2, -0.15) is 0 Å². The van der Waals surface area contributed by atoms with E-state index >= 15 is 0 Å². The van der Waals surface area contributed by atoms with Gasteiger partial charge in [0, 0.05) is 21.3 Å². The third kappa shape index (κ3) is 4.04. The lowest BCUT2D eigenvalue weighted by atomic mass is 10.2. The van der Waals surface area contributed by atoms with Crippen molar-refractivity contribution < 1.29 is 18.9 Å². The molecule has 0 aliphatic heterocycles. The van der Waals surface area contributed by atoms with Crippen LogP contribution in [0.3, 0.4) is 0 Å². The summed E-state index contributed by atoms with van der Waals surface area (Å²) >= 11 is 2.11. The minimum Gasteiger partial charge on any atom is -0.449 e. The number of carbonyl (C=O) groups excluding carboxylic acids is 1. The van der Waals surface area contributed by atoms with Crippen molar-refractivity contribution in [3.63, 3.8) is 0 Å². The fourth-order valence-corrected chi connectivity index (χ4v) is 2.68. The molecular weight excluding hydrogens is 453 g/mol. The molecule has 132 valence electrons. The standard InChI is InChI=1S/C17H12IN3O5/c1-10(25-17(22)12-3-2-4-13(18)9-12)15-19-20-16(26-15)11-5-7-14(8-6-11)21(23)24/h2-10H,1H3. The van der Waals surface area contributed by atoms with Crippen molar-refractivity contribution >= 4 is 34.2 Å². The molecule has 2 aromatic carbocycles. The van der Waals surface area contributed by atoms with E-state index in [9.17, 15) is 14.9 Å². The molecule has 0 radical (unpaired) electrons. The van der Waals surface area contributed by atoms with Crippen molar-refractivity contribution in [2.45, 2.75) is 13.0 Å². The van der Waals surface area contributed by atoms with Crippen LogP contribution in [0.4, 0.5) is 5.69 Å². The first kappa shape index (κ1) is 18.0. The van der Waals surface area contributed by atoms with Gasteiger partial charge in [0.1, 0.15) is 0 Å². The van der Waals surface area contributed by atoms with E-state index in [1.807, 2.05) is 6.07 Å². The first-order chi connectivity index (χ1) is 12.4. The van der Waals surface area contributed by atoms with Crippen molar-refractivity contribution in [3.05, 3.63) is 73.7 Å². The fourth-order valence-electron chi connectivity index (χ4n) is 2.14. The van der Waals surface area contributed by atoms with Crippen LogP contribution in [0.2, 0.25) is 0 Å². The number of nitro groups is 1. The number of hydrogen-bond donors (Lipinski definition) is 0. The zero-order chi connectivity index (χ0) is 18.7. The summed E-state index contributed by atoms with van der Waals surface area (Å²) in [5, 5.41) is 18.5. The minimum atomic E-state index is -0.736. The van der Waals surface area contributed by atoms with Gasteiger partial charge in [-0.25, -0.2) is 4.79 Å². The number of esters is 1. The lowest BCUT2D eigenvalue weighted by molar-refractivity contribution is -0.384. The molecule has 26 heavy (non-hydrogen) atoms. The number of hydrogen-bond acceptors (Lipinski definition) is 7. The van der Waals surface area contributed by atoms with Crippen LogP contribution in [0.15, 0.2) is 52.9 Å². The van der Waals surface area contributed by atoms with Gasteiger partial charge in [0.15, 0.2) is 6.10 Å². The monoisotopic (exact) mass is 465 g/mol. The largest absolute Gasteiger partial charge is 0.449 e. The van der Waals surface area contributed by atoms with Crippen LogP contribution in [0.25, 0.3) is 11.5 Å². The van der Waals surface area contributed by atoms with Crippen LogP contribution < -0.4 is 0 Å². The molecule has 1 atom stereocenters. The summed E-state index contributed by atoms with van der Waals surface area (Å²) in [7, 11) is 0. The van der Waals surface area contributed by atoms with Crippen LogP contribution >= 0.6 is 22.6 Å². The molecule has 1 aromatic heterocycles. The lowest BCUT2D eigenvalue weighted by Crippen LogP contribution is -2.09. The molecule has 3 aromatic rings. The Labute approximate surface area is 161 Å². The number of rotatable bonds is 5. The first-order valence-corrected chi connectivity index (χ1v) is 8.56. The van der Waals surface area contributed by atoms with Gasteiger partial charge >= 0.3 is 5.97 Å². The Morgan fingerprint density at radius 1 is 1.23 bits per heavy atom. The van der Waals surface area contributed by atoms with E-state index in [1.54, 1.807) is 25.1 Å². The molecule has 0 aliphatic carbocycles. The number of aromatic nitrogens is 2. The summed E-state index contributed by atoms with van der Waals surface area (Å²) in [4.78, 5) is 22.4. The van der Waals surface area contributed by atoms with E-state index < -0.39 is 17.0 Å². The number of nitrogens with zero attached hydrogens (tertiary/aromatic N) is 3. The molecule has 0 spiro atoms. The first-order valence-electron chi connectivity index (χ1n) is 7.49. The van der Waals surface area contributed by atoms with Gasteiger partial charge in [-0.15, -0.1) is 10.2 Å². The van der Waals surface area contributed by atoms with E-state index in [4.69, 9.17) is 9.15 Å². The highest BCUT2D eigenvalue weighted by molar-refractivity contribution is 14.1. The molecule has 0 saturated carbocycles. The van der Waals surface area contributed by atoms with Crippen molar-refractivity contribution in [2.75, 3.05) is 0 Å². The van der Waals surface area contributed by atoms with E-state index in [2.05, 4.69) is 32.8 Å². The van der Waals surface area contributed by atoms with Gasteiger partial charge < -0.3 is 9.15 Å². The second-order valence-corrected chi connectivity index (χ2v) is 6.55. The number of ether oxygens (including phenoxy) is 1. The van der Waals surface area contributed by atoms with Gasteiger partial charge in [0.2, 0.25) is 5.89 Å². The second kappa shape index (κ2) is 7.60. The van der Waals surface area contributed by atoms with E-state index in [0.717, 1.165) is 3.57 Å². The van der Waals surface area contributed by atoms with Gasteiger partial charge in [-0.3, -0.25) is 10.1 Å². The molecule has 9 heteroatoms. The molecule has 3 rings (SSSR count). The third-order valence-electron chi connectivity index (χ3n) is 3.46. The SMILES string of the molecule is CC(OC(=O)c1cccc(I)c1)c1nnc(-c2ccc([N+](=O)[O-])cc2)o1. The lowest BCUT2D eigenvalue weighted by Gasteiger charge is -2.09. The Kier molecular flexibility index (Phi) is 5.26. The summed E-state index contributed by atoms with van der Waals surface area (Å²) in [5.41, 5.74) is 0.928. The highest BCUT2D eigenvalue weighted by atomic mass is 127. The highest BCUT2D eigenvalue weighted by Crippen LogP contribution is 2.25. The molecule has 0 bridgehead atoms. The van der Waals surface area contributed by atoms with Gasteiger partial charge in [0.05, 0.1) is 10.5 Å². The Hall–Kier alpha value is -2.82. The average molecular weight is 465 g/mol.